The van der Waals surface area contributed by atoms with Crippen LogP contribution in [0.2, 0.25) is 0 Å². The second-order valence-corrected chi connectivity index (χ2v) is 10.9. The van der Waals surface area contributed by atoms with Crippen LogP contribution < -0.4 is 19.6 Å². The Balaban J connectivity index is 1.58. The summed E-state index contributed by atoms with van der Waals surface area (Å²) in [5.74, 6) is 1.28. The molecule has 1 atom stereocenters. The van der Waals surface area contributed by atoms with Gasteiger partial charge in [-0.3, -0.25) is 14.2 Å². The SMILES string of the molecule is CCOc1ccc([C@H]2C(C(=O)OC(C)C)=C(C)N=c3s/c(=C/c4ccc(-c5ccc(C(C)=O)cc5)o4)c(=O)n32)cc1. The van der Waals surface area contributed by atoms with Crippen LogP contribution in [0, 0.1) is 0 Å². The molecule has 210 valence electrons. The van der Waals surface area contributed by atoms with Gasteiger partial charge in [0.05, 0.1) is 34.6 Å². The lowest BCUT2D eigenvalue weighted by Crippen LogP contribution is -2.40. The van der Waals surface area contributed by atoms with E-state index in [0.29, 0.717) is 50.0 Å². The zero-order valence-corrected chi connectivity index (χ0v) is 24.3. The lowest BCUT2D eigenvalue weighted by atomic mass is 9.96. The van der Waals surface area contributed by atoms with Gasteiger partial charge in [0.15, 0.2) is 10.6 Å². The van der Waals surface area contributed by atoms with E-state index in [1.54, 1.807) is 49.6 Å². The van der Waals surface area contributed by atoms with Gasteiger partial charge in [0, 0.05) is 17.2 Å². The number of hydrogen-bond donors (Lipinski definition) is 0. The highest BCUT2D eigenvalue weighted by molar-refractivity contribution is 7.07. The molecule has 0 fully saturated rings. The van der Waals surface area contributed by atoms with E-state index in [2.05, 4.69) is 4.99 Å². The topological polar surface area (TPSA) is 100 Å². The summed E-state index contributed by atoms with van der Waals surface area (Å²) in [5.41, 5.74) is 2.69. The smallest absolute Gasteiger partial charge is 0.338 e. The largest absolute Gasteiger partial charge is 0.494 e. The molecule has 0 N–H and O–H groups in total. The Morgan fingerprint density at radius 3 is 2.41 bits per heavy atom. The molecule has 3 heterocycles. The number of ether oxygens (including phenoxy) is 2. The van der Waals surface area contributed by atoms with Gasteiger partial charge in [0.25, 0.3) is 5.56 Å². The van der Waals surface area contributed by atoms with Crippen molar-refractivity contribution in [3.05, 3.63) is 109 Å². The van der Waals surface area contributed by atoms with Crippen molar-refractivity contribution in [3.63, 3.8) is 0 Å². The van der Waals surface area contributed by atoms with Gasteiger partial charge in [-0.1, -0.05) is 47.7 Å². The molecule has 8 nitrogen and oxygen atoms in total. The van der Waals surface area contributed by atoms with Gasteiger partial charge in [-0.05, 0) is 64.4 Å². The van der Waals surface area contributed by atoms with Gasteiger partial charge in [0.2, 0.25) is 0 Å². The van der Waals surface area contributed by atoms with Crippen LogP contribution in [0.5, 0.6) is 5.75 Å². The summed E-state index contributed by atoms with van der Waals surface area (Å²) < 4.78 is 19.1. The second-order valence-electron chi connectivity index (χ2n) is 9.87. The van der Waals surface area contributed by atoms with Crippen molar-refractivity contribution < 1.29 is 23.5 Å². The molecule has 0 saturated heterocycles. The first-order valence-corrected chi connectivity index (χ1v) is 14.2. The molecule has 4 aromatic rings. The number of rotatable bonds is 8. The number of carbonyl (C=O) groups is 2. The third-order valence-electron chi connectivity index (χ3n) is 6.57. The summed E-state index contributed by atoms with van der Waals surface area (Å²) in [6, 6.07) is 17.4. The van der Waals surface area contributed by atoms with Crippen LogP contribution in [-0.4, -0.2) is 29.0 Å². The first-order valence-electron chi connectivity index (χ1n) is 13.3. The molecule has 9 heteroatoms. The van der Waals surface area contributed by atoms with Crippen LogP contribution in [0.4, 0.5) is 0 Å². The molecule has 1 aliphatic heterocycles. The lowest BCUT2D eigenvalue weighted by molar-refractivity contribution is -0.143. The fourth-order valence-corrected chi connectivity index (χ4v) is 5.70. The summed E-state index contributed by atoms with van der Waals surface area (Å²) >= 11 is 1.23. The number of ketones is 1. The summed E-state index contributed by atoms with van der Waals surface area (Å²) in [7, 11) is 0. The van der Waals surface area contributed by atoms with E-state index in [1.807, 2.05) is 49.4 Å². The van der Waals surface area contributed by atoms with Gasteiger partial charge >= 0.3 is 5.97 Å². The number of furan rings is 1. The highest BCUT2D eigenvalue weighted by Crippen LogP contribution is 2.32. The molecule has 0 unspecified atom stereocenters. The van der Waals surface area contributed by atoms with Gasteiger partial charge in [-0.15, -0.1) is 0 Å². The fourth-order valence-electron chi connectivity index (χ4n) is 4.67. The molecule has 0 bridgehead atoms. The van der Waals surface area contributed by atoms with E-state index in [4.69, 9.17) is 13.9 Å². The minimum Gasteiger partial charge on any atom is -0.494 e. The van der Waals surface area contributed by atoms with E-state index in [-0.39, 0.29) is 17.4 Å². The maximum absolute atomic E-state index is 13.9. The number of Topliss-reactive ketones (excluding diaryl/α,β-unsaturated/α-hetero) is 1. The third kappa shape index (κ3) is 5.71. The maximum atomic E-state index is 13.9. The summed E-state index contributed by atoms with van der Waals surface area (Å²) in [6.07, 6.45) is 1.35. The molecule has 2 aromatic heterocycles. The fraction of sp³-hybridized carbons (Fsp3) is 0.250. The normalized spacial score (nSPS) is 15.1. The molecular formula is C32H30N2O6S. The molecule has 2 aromatic carbocycles. The first-order chi connectivity index (χ1) is 19.7. The Hall–Kier alpha value is -4.50. The summed E-state index contributed by atoms with van der Waals surface area (Å²) in [5, 5.41) is 0. The van der Waals surface area contributed by atoms with Crippen molar-refractivity contribution in [1.29, 1.82) is 0 Å². The number of carbonyl (C=O) groups excluding carboxylic acids is 2. The number of thiazole rings is 1. The lowest BCUT2D eigenvalue weighted by Gasteiger charge is -2.25. The van der Waals surface area contributed by atoms with Crippen LogP contribution in [-0.2, 0) is 9.53 Å². The number of esters is 1. The van der Waals surface area contributed by atoms with Crippen LogP contribution >= 0.6 is 11.3 Å². The average molecular weight is 571 g/mol. The molecule has 0 aliphatic carbocycles. The molecule has 5 rings (SSSR count). The minimum absolute atomic E-state index is 0.00791. The molecule has 0 spiro atoms. The Bertz CT molecular complexity index is 1820. The zero-order chi connectivity index (χ0) is 29.3. The number of nitrogens with zero attached hydrogens (tertiary/aromatic N) is 2. The van der Waals surface area contributed by atoms with Crippen molar-refractivity contribution in [3.8, 4) is 17.1 Å². The Labute approximate surface area is 240 Å². The van der Waals surface area contributed by atoms with E-state index in [1.165, 1.54) is 18.3 Å². The molecule has 0 saturated carbocycles. The van der Waals surface area contributed by atoms with Crippen LogP contribution in [0.3, 0.4) is 0 Å². The van der Waals surface area contributed by atoms with Crippen LogP contribution in [0.1, 0.15) is 62.3 Å². The summed E-state index contributed by atoms with van der Waals surface area (Å²) in [4.78, 5) is 43.8. The number of allylic oxidation sites excluding steroid dienone is 1. The number of aromatic nitrogens is 1. The minimum atomic E-state index is -0.720. The Morgan fingerprint density at radius 2 is 1.78 bits per heavy atom. The third-order valence-corrected chi connectivity index (χ3v) is 7.55. The quantitative estimate of drug-likeness (QED) is 0.217. The average Bonchev–Trinajstić information content (AvgIpc) is 3.52. The zero-order valence-electron chi connectivity index (χ0n) is 23.5. The molecule has 0 amide bonds. The number of fused-ring (bicyclic) bond motifs is 1. The molecular weight excluding hydrogens is 540 g/mol. The molecule has 1 aliphatic rings. The van der Waals surface area contributed by atoms with Crippen molar-refractivity contribution in [1.82, 2.24) is 4.57 Å². The second kappa shape index (κ2) is 11.5. The van der Waals surface area contributed by atoms with E-state index >= 15 is 0 Å². The van der Waals surface area contributed by atoms with E-state index in [9.17, 15) is 14.4 Å². The highest BCUT2D eigenvalue weighted by atomic mass is 32.1. The van der Waals surface area contributed by atoms with Crippen molar-refractivity contribution in [2.75, 3.05) is 6.61 Å². The monoisotopic (exact) mass is 570 g/mol. The standard InChI is InChI=1S/C32H30N2O6S/c1-6-38-24-13-11-23(12-14-24)29-28(31(37)39-18(2)3)19(4)33-32-34(29)30(36)27(41-32)17-25-15-16-26(40-25)22-9-7-21(8-10-22)20(5)35/h7-18,29H,6H2,1-5H3/b27-17+/t29-/m0/s1. The van der Waals surface area contributed by atoms with Crippen LogP contribution in [0.15, 0.2) is 86.1 Å². The summed E-state index contributed by atoms with van der Waals surface area (Å²) in [6.45, 7) is 9.27. The predicted molar refractivity (Wildman–Crippen MR) is 157 cm³/mol. The van der Waals surface area contributed by atoms with E-state index in [0.717, 1.165) is 11.1 Å². The first kappa shape index (κ1) is 28.0. The van der Waals surface area contributed by atoms with Crippen LogP contribution in [0.25, 0.3) is 17.4 Å². The van der Waals surface area contributed by atoms with Gasteiger partial charge in [-0.25, -0.2) is 9.79 Å². The van der Waals surface area contributed by atoms with Gasteiger partial charge < -0.3 is 13.9 Å². The highest BCUT2D eigenvalue weighted by Gasteiger charge is 2.33. The molecule has 0 radical (unpaired) electrons. The number of benzene rings is 2. The van der Waals surface area contributed by atoms with Crippen molar-refractivity contribution >= 4 is 29.2 Å². The molecule has 41 heavy (non-hydrogen) atoms. The van der Waals surface area contributed by atoms with Crippen molar-refractivity contribution in [2.45, 2.75) is 46.8 Å². The predicted octanol–water partition coefficient (Wildman–Crippen LogP) is 5.05. The number of hydrogen-bond acceptors (Lipinski definition) is 8. The Kier molecular flexibility index (Phi) is 7.90. The van der Waals surface area contributed by atoms with Gasteiger partial charge in [0.1, 0.15) is 17.3 Å². The Morgan fingerprint density at radius 1 is 1.07 bits per heavy atom. The van der Waals surface area contributed by atoms with Gasteiger partial charge in [-0.2, -0.15) is 0 Å². The van der Waals surface area contributed by atoms with Crippen molar-refractivity contribution in [2.24, 2.45) is 4.99 Å². The van der Waals surface area contributed by atoms with E-state index < -0.39 is 12.0 Å². The maximum Gasteiger partial charge on any atom is 0.338 e.